The molecule has 0 fully saturated rings. The fraction of sp³-hybridized carbons (Fsp3) is 0.647. The Morgan fingerprint density at radius 1 is 1.16 bits per heavy atom. The third kappa shape index (κ3) is 4.63. The molecule has 0 aliphatic heterocycles. The summed E-state index contributed by atoms with van der Waals surface area (Å²) in [6, 6.07) is 4.84. The maximum absolute atomic E-state index is 5.78. The van der Waals surface area contributed by atoms with E-state index in [0.717, 1.165) is 19.5 Å². The highest BCUT2D eigenvalue weighted by Gasteiger charge is 2.24. The first-order valence-electron chi connectivity index (χ1n) is 7.28. The smallest absolute Gasteiger partial charge is 0.00433 e. The van der Waals surface area contributed by atoms with Gasteiger partial charge in [0.2, 0.25) is 0 Å². The molecule has 1 aromatic carbocycles. The summed E-state index contributed by atoms with van der Waals surface area (Å²) in [4.78, 5) is 0. The lowest BCUT2D eigenvalue weighted by atomic mass is 9.78. The highest BCUT2D eigenvalue weighted by Crippen LogP contribution is 2.29. The number of hydrogen-bond donors (Lipinski definition) is 2. The Labute approximate surface area is 118 Å². The van der Waals surface area contributed by atoms with Crippen LogP contribution in [0.25, 0.3) is 0 Å². The van der Waals surface area contributed by atoms with Crippen LogP contribution in [0.2, 0.25) is 0 Å². The second-order valence-electron chi connectivity index (χ2n) is 6.60. The van der Waals surface area contributed by atoms with Gasteiger partial charge in [0.05, 0.1) is 0 Å². The Balaban J connectivity index is 2.77. The monoisotopic (exact) mass is 262 g/mol. The summed E-state index contributed by atoms with van der Waals surface area (Å²) in [7, 11) is 0. The summed E-state index contributed by atoms with van der Waals surface area (Å²) in [6.07, 6.45) is 1.03. The normalized spacial score (nSPS) is 13.6. The fourth-order valence-corrected chi connectivity index (χ4v) is 3.07. The van der Waals surface area contributed by atoms with Crippen molar-refractivity contribution in [2.24, 2.45) is 5.73 Å². The van der Waals surface area contributed by atoms with Crippen molar-refractivity contribution < 1.29 is 0 Å². The van der Waals surface area contributed by atoms with Gasteiger partial charge in [0.25, 0.3) is 0 Å². The van der Waals surface area contributed by atoms with Crippen LogP contribution in [0, 0.1) is 20.8 Å². The lowest BCUT2D eigenvalue weighted by Crippen LogP contribution is -2.36. The molecule has 0 radical (unpaired) electrons. The summed E-state index contributed by atoms with van der Waals surface area (Å²) in [5.74, 6) is 0. The van der Waals surface area contributed by atoms with Crippen molar-refractivity contribution in [2.45, 2.75) is 59.4 Å². The van der Waals surface area contributed by atoms with Gasteiger partial charge in [0, 0.05) is 18.0 Å². The van der Waals surface area contributed by atoms with Crippen LogP contribution in [0.15, 0.2) is 12.1 Å². The van der Waals surface area contributed by atoms with E-state index in [1.165, 1.54) is 22.3 Å². The SMILES string of the molecule is Cc1cc(C)c(C(C)(C)CNCCC(C)N)c(C)c1. The standard InChI is InChI=1S/C17H30N2/c1-12-9-13(2)16(14(3)10-12)17(5,6)11-19-8-7-15(4)18/h9-10,15,19H,7-8,11,18H2,1-6H3. The van der Waals surface area contributed by atoms with Crippen molar-refractivity contribution in [1.82, 2.24) is 5.32 Å². The second-order valence-corrected chi connectivity index (χ2v) is 6.60. The predicted octanol–water partition coefficient (Wildman–Crippen LogP) is 3.22. The average molecular weight is 262 g/mol. The maximum atomic E-state index is 5.78. The summed E-state index contributed by atoms with van der Waals surface area (Å²) < 4.78 is 0. The van der Waals surface area contributed by atoms with Crippen molar-refractivity contribution >= 4 is 0 Å². The van der Waals surface area contributed by atoms with Crippen LogP contribution in [-0.4, -0.2) is 19.1 Å². The second kappa shape index (κ2) is 6.53. The molecule has 0 amide bonds. The van der Waals surface area contributed by atoms with Crippen LogP contribution in [-0.2, 0) is 5.41 Å². The number of hydrogen-bond acceptors (Lipinski definition) is 2. The first kappa shape index (κ1) is 16.2. The average Bonchev–Trinajstić information content (AvgIpc) is 2.22. The lowest BCUT2D eigenvalue weighted by Gasteiger charge is -2.30. The number of benzene rings is 1. The van der Waals surface area contributed by atoms with Crippen LogP contribution in [0.4, 0.5) is 0 Å². The van der Waals surface area contributed by atoms with Gasteiger partial charge in [-0.25, -0.2) is 0 Å². The van der Waals surface area contributed by atoms with Crippen molar-refractivity contribution in [3.05, 3.63) is 34.4 Å². The van der Waals surface area contributed by atoms with Crippen LogP contribution in [0.5, 0.6) is 0 Å². The fourth-order valence-electron chi connectivity index (χ4n) is 3.07. The molecule has 19 heavy (non-hydrogen) atoms. The first-order valence-corrected chi connectivity index (χ1v) is 7.28. The predicted molar refractivity (Wildman–Crippen MR) is 84.8 cm³/mol. The van der Waals surface area contributed by atoms with E-state index >= 15 is 0 Å². The summed E-state index contributed by atoms with van der Waals surface area (Å²) in [5.41, 5.74) is 11.6. The molecule has 1 rings (SSSR count). The van der Waals surface area contributed by atoms with Gasteiger partial charge in [-0.2, -0.15) is 0 Å². The molecule has 108 valence electrons. The molecule has 3 N–H and O–H groups in total. The van der Waals surface area contributed by atoms with Crippen molar-refractivity contribution in [1.29, 1.82) is 0 Å². The molecule has 1 aromatic rings. The van der Waals surface area contributed by atoms with Crippen molar-refractivity contribution in [2.75, 3.05) is 13.1 Å². The van der Waals surface area contributed by atoms with E-state index in [1.807, 2.05) is 0 Å². The maximum Gasteiger partial charge on any atom is 0.00433 e. The Morgan fingerprint density at radius 2 is 1.68 bits per heavy atom. The van der Waals surface area contributed by atoms with E-state index in [2.05, 4.69) is 59.0 Å². The van der Waals surface area contributed by atoms with Crippen LogP contribution in [0.1, 0.15) is 49.4 Å². The minimum Gasteiger partial charge on any atom is -0.328 e. The lowest BCUT2D eigenvalue weighted by molar-refractivity contribution is 0.455. The third-order valence-corrected chi connectivity index (χ3v) is 3.70. The molecule has 2 heteroatoms. The third-order valence-electron chi connectivity index (χ3n) is 3.70. The molecular weight excluding hydrogens is 232 g/mol. The number of nitrogens with two attached hydrogens (primary N) is 1. The summed E-state index contributed by atoms with van der Waals surface area (Å²) >= 11 is 0. The molecule has 0 aliphatic carbocycles. The highest BCUT2D eigenvalue weighted by atomic mass is 14.9. The van der Waals surface area contributed by atoms with Gasteiger partial charge in [-0.3, -0.25) is 0 Å². The molecular formula is C17H30N2. The van der Waals surface area contributed by atoms with Gasteiger partial charge in [-0.1, -0.05) is 31.5 Å². The molecule has 0 bridgehead atoms. The Bertz CT molecular complexity index is 396. The first-order chi connectivity index (χ1) is 8.74. The zero-order valence-corrected chi connectivity index (χ0v) is 13.4. The molecule has 1 atom stereocenters. The Kier molecular flexibility index (Phi) is 5.57. The molecule has 0 spiro atoms. The summed E-state index contributed by atoms with van der Waals surface area (Å²) in [5, 5.41) is 3.54. The van der Waals surface area contributed by atoms with Gasteiger partial charge in [-0.05, 0) is 57.4 Å². The topological polar surface area (TPSA) is 38.0 Å². The zero-order valence-electron chi connectivity index (χ0n) is 13.4. The van der Waals surface area contributed by atoms with Crippen molar-refractivity contribution in [3.63, 3.8) is 0 Å². The minimum absolute atomic E-state index is 0.152. The zero-order chi connectivity index (χ0) is 14.6. The molecule has 1 unspecified atom stereocenters. The van der Waals surface area contributed by atoms with E-state index in [9.17, 15) is 0 Å². The number of nitrogens with one attached hydrogen (secondary N) is 1. The van der Waals surface area contributed by atoms with E-state index in [1.54, 1.807) is 0 Å². The highest BCUT2D eigenvalue weighted by molar-refractivity contribution is 5.42. The quantitative estimate of drug-likeness (QED) is 0.773. The number of rotatable bonds is 6. The van der Waals surface area contributed by atoms with E-state index in [4.69, 9.17) is 5.73 Å². The Hall–Kier alpha value is -0.860. The molecule has 0 saturated heterocycles. The Morgan fingerprint density at radius 3 is 2.16 bits per heavy atom. The van der Waals surface area contributed by atoms with Crippen LogP contribution < -0.4 is 11.1 Å². The minimum atomic E-state index is 0.152. The van der Waals surface area contributed by atoms with Gasteiger partial charge < -0.3 is 11.1 Å². The van der Waals surface area contributed by atoms with Gasteiger partial charge in [-0.15, -0.1) is 0 Å². The summed E-state index contributed by atoms with van der Waals surface area (Å²) in [6.45, 7) is 15.3. The molecule has 0 saturated carbocycles. The van der Waals surface area contributed by atoms with Crippen LogP contribution >= 0.6 is 0 Å². The van der Waals surface area contributed by atoms with E-state index in [0.29, 0.717) is 0 Å². The largest absolute Gasteiger partial charge is 0.328 e. The van der Waals surface area contributed by atoms with Gasteiger partial charge in [0.1, 0.15) is 0 Å². The molecule has 0 aliphatic rings. The van der Waals surface area contributed by atoms with E-state index in [-0.39, 0.29) is 11.5 Å². The van der Waals surface area contributed by atoms with Crippen molar-refractivity contribution in [3.8, 4) is 0 Å². The van der Waals surface area contributed by atoms with Gasteiger partial charge in [0.15, 0.2) is 0 Å². The number of aryl methyl sites for hydroxylation is 3. The molecule has 0 heterocycles. The van der Waals surface area contributed by atoms with E-state index < -0.39 is 0 Å². The molecule has 2 nitrogen and oxygen atoms in total. The van der Waals surface area contributed by atoms with Crippen LogP contribution in [0.3, 0.4) is 0 Å². The molecule has 0 aromatic heterocycles. The van der Waals surface area contributed by atoms with Gasteiger partial charge >= 0.3 is 0 Å².